The van der Waals surface area contributed by atoms with Crippen LogP contribution >= 0.6 is 0 Å². The average molecular weight is 932 g/mol. The van der Waals surface area contributed by atoms with E-state index in [-0.39, 0.29) is 31.1 Å². The molecule has 390 valence electrons. The highest BCUT2D eigenvalue weighted by Gasteiger charge is 2.19. The minimum atomic E-state index is -0.767. The number of esters is 3. The Bertz CT molecular complexity index is 1020. The van der Waals surface area contributed by atoms with Gasteiger partial charge in [0.05, 0.1) is 0 Å². The molecule has 0 fully saturated rings. The Morgan fingerprint density at radius 3 is 0.758 bits per heavy atom. The van der Waals surface area contributed by atoms with Crippen LogP contribution in [-0.2, 0) is 28.6 Å². The zero-order valence-electron chi connectivity index (χ0n) is 44.7. The van der Waals surface area contributed by atoms with Crippen LogP contribution in [0.2, 0.25) is 0 Å². The van der Waals surface area contributed by atoms with E-state index in [1.165, 1.54) is 231 Å². The molecule has 0 aromatic rings. The maximum atomic E-state index is 12.9. The van der Waals surface area contributed by atoms with Gasteiger partial charge in [0.2, 0.25) is 0 Å². The molecule has 6 nitrogen and oxygen atoms in total. The van der Waals surface area contributed by atoms with E-state index in [1.807, 2.05) is 0 Å². The van der Waals surface area contributed by atoms with Gasteiger partial charge < -0.3 is 14.2 Å². The van der Waals surface area contributed by atoms with Gasteiger partial charge in [-0.05, 0) is 44.9 Å². The summed E-state index contributed by atoms with van der Waals surface area (Å²) in [4.78, 5) is 38.2. The molecule has 0 aliphatic heterocycles. The van der Waals surface area contributed by atoms with Crippen LogP contribution < -0.4 is 0 Å². The first-order valence-electron chi connectivity index (χ1n) is 29.7. The van der Waals surface area contributed by atoms with E-state index in [0.29, 0.717) is 19.3 Å². The van der Waals surface area contributed by atoms with E-state index < -0.39 is 6.10 Å². The number of unbranched alkanes of at least 4 members (excludes halogenated alkanes) is 42. The van der Waals surface area contributed by atoms with Gasteiger partial charge in [0.25, 0.3) is 0 Å². The summed E-state index contributed by atoms with van der Waals surface area (Å²) in [6.07, 6.45) is 63.4. The van der Waals surface area contributed by atoms with E-state index in [9.17, 15) is 14.4 Å². The average Bonchev–Trinajstić information content (AvgIpc) is 3.31. The van der Waals surface area contributed by atoms with Crippen LogP contribution in [0.25, 0.3) is 0 Å². The summed E-state index contributed by atoms with van der Waals surface area (Å²) in [5, 5.41) is 0. The maximum Gasteiger partial charge on any atom is 0.306 e. The summed E-state index contributed by atoms with van der Waals surface area (Å²) in [7, 11) is 0. The number of carbonyl (C=O) groups excluding carboxylic acids is 3. The molecule has 0 saturated carbocycles. The first kappa shape index (κ1) is 64.2. The summed E-state index contributed by atoms with van der Waals surface area (Å²) in [5.41, 5.74) is 0. The van der Waals surface area contributed by atoms with Crippen LogP contribution in [0.3, 0.4) is 0 Å². The second-order valence-corrected chi connectivity index (χ2v) is 20.3. The van der Waals surface area contributed by atoms with Crippen molar-refractivity contribution in [1.82, 2.24) is 0 Å². The zero-order chi connectivity index (χ0) is 47.9. The molecular formula is C60H114O6. The minimum absolute atomic E-state index is 0.0664. The molecule has 0 spiro atoms. The largest absolute Gasteiger partial charge is 0.462 e. The number of hydrogen-bond donors (Lipinski definition) is 0. The second-order valence-electron chi connectivity index (χ2n) is 20.3. The highest BCUT2D eigenvalue weighted by molar-refractivity contribution is 5.71. The summed E-state index contributed by atoms with van der Waals surface area (Å²) in [5.74, 6) is -0.849. The third-order valence-electron chi connectivity index (χ3n) is 13.5. The van der Waals surface area contributed by atoms with Crippen molar-refractivity contribution in [3.63, 3.8) is 0 Å². The van der Waals surface area contributed by atoms with E-state index in [2.05, 4.69) is 32.9 Å². The third kappa shape index (κ3) is 53.1. The van der Waals surface area contributed by atoms with Gasteiger partial charge in [-0.3, -0.25) is 14.4 Å². The molecular weight excluding hydrogens is 817 g/mol. The van der Waals surface area contributed by atoms with Crippen LogP contribution in [0.15, 0.2) is 12.2 Å². The van der Waals surface area contributed by atoms with Crippen LogP contribution in [0.1, 0.15) is 335 Å². The molecule has 0 saturated heterocycles. The lowest BCUT2D eigenvalue weighted by Gasteiger charge is -2.18. The quantitative estimate of drug-likeness (QED) is 0.0262. The normalized spacial score (nSPS) is 12.0. The van der Waals surface area contributed by atoms with Crippen molar-refractivity contribution < 1.29 is 28.6 Å². The molecule has 0 aromatic carbocycles. The summed E-state index contributed by atoms with van der Waals surface area (Å²) in [6.45, 7) is 6.70. The lowest BCUT2D eigenvalue weighted by molar-refractivity contribution is -0.167. The van der Waals surface area contributed by atoms with Crippen LogP contribution in [0, 0.1) is 0 Å². The van der Waals surface area contributed by atoms with Crippen molar-refractivity contribution in [1.29, 1.82) is 0 Å². The molecule has 6 heteroatoms. The van der Waals surface area contributed by atoms with Crippen molar-refractivity contribution in [3.05, 3.63) is 12.2 Å². The molecule has 0 aliphatic carbocycles. The van der Waals surface area contributed by atoms with E-state index in [1.54, 1.807) is 0 Å². The van der Waals surface area contributed by atoms with Gasteiger partial charge in [-0.15, -0.1) is 0 Å². The van der Waals surface area contributed by atoms with Gasteiger partial charge in [0.15, 0.2) is 6.10 Å². The van der Waals surface area contributed by atoms with E-state index >= 15 is 0 Å². The van der Waals surface area contributed by atoms with E-state index in [0.717, 1.165) is 64.2 Å². The van der Waals surface area contributed by atoms with Crippen LogP contribution in [0.4, 0.5) is 0 Å². The van der Waals surface area contributed by atoms with Gasteiger partial charge in [0, 0.05) is 19.3 Å². The third-order valence-corrected chi connectivity index (χ3v) is 13.5. The van der Waals surface area contributed by atoms with Crippen molar-refractivity contribution in [2.24, 2.45) is 0 Å². The van der Waals surface area contributed by atoms with Crippen molar-refractivity contribution in [2.75, 3.05) is 13.2 Å². The molecule has 0 aromatic heterocycles. The molecule has 0 amide bonds. The fraction of sp³-hybridized carbons (Fsp3) is 0.917. The van der Waals surface area contributed by atoms with Crippen LogP contribution in [-0.4, -0.2) is 37.2 Å². The smallest absolute Gasteiger partial charge is 0.306 e. The molecule has 0 aliphatic rings. The lowest BCUT2D eigenvalue weighted by atomic mass is 10.0. The van der Waals surface area contributed by atoms with E-state index in [4.69, 9.17) is 14.2 Å². The minimum Gasteiger partial charge on any atom is -0.462 e. The molecule has 1 atom stereocenters. The monoisotopic (exact) mass is 931 g/mol. The SMILES string of the molecule is CCCCCCCCCCC/C=C\CCCCCCCC(=O)OCC(COC(=O)CCCCCCCCCCCCCCCC)OC(=O)CCCCCCCCCCCCCCCCCC. The maximum absolute atomic E-state index is 12.9. The van der Waals surface area contributed by atoms with Gasteiger partial charge in [-0.2, -0.15) is 0 Å². The Kier molecular flexibility index (Phi) is 54.2. The van der Waals surface area contributed by atoms with Gasteiger partial charge in [-0.1, -0.05) is 283 Å². The zero-order valence-corrected chi connectivity index (χ0v) is 44.7. The van der Waals surface area contributed by atoms with Crippen molar-refractivity contribution in [2.45, 2.75) is 341 Å². The Hall–Kier alpha value is -1.85. The molecule has 0 rings (SSSR count). The first-order chi connectivity index (χ1) is 32.5. The Balaban J connectivity index is 4.31. The number of ether oxygens (including phenoxy) is 3. The summed E-state index contributed by atoms with van der Waals surface area (Å²) < 4.78 is 16.9. The number of hydrogen-bond acceptors (Lipinski definition) is 6. The van der Waals surface area contributed by atoms with Crippen molar-refractivity contribution in [3.8, 4) is 0 Å². The number of rotatable bonds is 55. The molecule has 0 bridgehead atoms. The molecule has 0 heterocycles. The molecule has 1 unspecified atom stereocenters. The van der Waals surface area contributed by atoms with Crippen molar-refractivity contribution >= 4 is 17.9 Å². The second kappa shape index (κ2) is 55.7. The number of carbonyl (C=O) groups is 3. The number of allylic oxidation sites excluding steroid dienone is 2. The fourth-order valence-electron chi connectivity index (χ4n) is 9.03. The predicted octanol–water partition coefficient (Wildman–Crippen LogP) is 19.7. The molecule has 66 heavy (non-hydrogen) atoms. The molecule has 0 N–H and O–H groups in total. The fourth-order valence-corrected chi connectivity index (χ4v) is 9.03. The highest BCUT2D eigenvalue weighted by Crippen LogP contribution is 2.17. The summed E-state index contributed by atoms with van der Waals surface area (Å²) >= 11 is 0. The van der Waals surface area contributed by atoms with Gasteiger partial charge in [0.1, 0.15) is 13.2 Å². The predicted molar refractivity (Wildman–Crippen MR) is 284 cm³/mol. The molecule has 0 radical (unpaired) electrons. The standard InChI is InChI=1S/C60H114O6/c1-4-7-10-13-16-19-22-25-28-30-31-33-35-38-41-44-47-50-53-59(62)65-56-57(55-64-58(61)52-49-46-43-40-37-34-27-24-21-18-15-12-9-6-3)66-60(63)54-51-48-45-42-39-36-32-29-26-23-20-17-14-11-8-5-2/h31,33,57H,4-30,32,34-56H2,1-3H3/b33-31-. The van der Waals surface area contributed by atoms with Gasteiger partial charge >= 0.3 is 17.9 Å². The Morgan fingerprint density at radius 1 is 0.288 bits per heavy atom. The summed E-state index contributed by atoms with van der Waals surface area (Å²) in [6, 6.07) is 0. The first-order valence-corrected chi connectivity index (χ1v) is 29.7. The van der Waals surface area contributed by atoms with Gasteiger partial charge in [-0.25, -0.2) is 0 Å². The lowest BCUT2D eigenvalue weighted by Crippen LogP contribution is -2.30. The Morgan fingerprint density at radius 2 is 0.500 bits per heavy atom. The van der Waals surface area contributed by atoms with Crippen LogP contribution in [0.5, 0.6) is 0 Å². The topological polar surface area (TPSA) is 78.9 Å². The Labute approximate surface area is 411 Å². The highest BCUT2D eigenvalue weighted by atomic mass is 16.6.